The van der Waals surface area contributed by atoms with Crippen molar-refractivity contribution < 1.29 is 22.8 Å². The number of thioether (sulfide) groups is 1. The van der Waals surface area contributed by atoms with Crippen LogP contribution in [-0.2, 0) is 11.0 Å². The van der Waals surface area contributed by atoms with Gasteiger partial charge >= 0.3 is 12.2 Å². The molecule has 0 radical (unpaired) electrons. The van der Waals surface area contributed by atoms with Gasteiger partial charge in [-0.25, -0.2) is 4.79 Å². The molecule has 3 N–H and O–H groups in total. The fourth-order valence-electron chi connectivity index (χ4n) is 1.23. The van der Waals surface area contributed by atoms with Crippen molar-refractivity contribution >= 4 is 23.7 Å². The molecule has 4 nitrogen and oxygen atoms in total. The number of benzene rings is 1. The first kappa shape index (κ1) is 15.4. The molecule has 8 heteroatoms. The van der Waals surface area contributed by atoms with E-state index in [1.165, 1.54) is 19.1 Å². The summed E-state index contributed by atoms with van der Waals surface area (Å²) < 4.78 is 37.5. The molecule has 1 aromatic rings. The van der Waals surface area contributed by atoms with Gasteiger partial charge < -0.3 is 5.73 Å². The summed E-state index contributed by atoms with van der Waals surface area (Å²) in [4.78, 5) is 22.1. The number of carbonyl (C=O) groups excluding carboxylic acids is 2. The predicted octanol–water partition coefficient (Wildman–Crippen LogP) is 2.38. The lowest BCUT2D eigenvalue weighted by atomic mass is 10.2. The molecule has 0 bridgehead atoms. The summed E-state index contributed by atoms with van der Waals surface area (Å²) in [6.45, 7) is 1.46. The molecule has 0 aliphatic heterocycles. The Morgan fingerprint density at radius 3 is 2.53 bits per heavy atom. The average molecular weight is 292 g/mol. The Hall–Kier alpha value is -1.70. The molecule has 0 aliphatic carbocycles. The number of hydrogen-bond donors (Lipinski definition) is 2. The molecule has 1 rings (SSSR count). The van der Waals surface area contributed by atoms with Crippen LogP contribution in [0.25, 0.3) is 0 Å². The lowest BCUT2D eigenvalue weighted by Crippen LogP contribution is -2.39. The van der Waals surface area contributed by atoms with E-state index in [1.54, 1.807) is 0 Å². The molecule has 0 spiro atoms. The van der Waals surface area contributed by atoms with Gasteiger partial charge in [0.15, 0.2) is 0 Å². The van der Waals surface area contributed by atoms with E-state index in [0.29, 0.717) is 0 Å². The van der Waals surface area contributed by atoms with Gasteiger partial charge in [-0.1, -0.05) is 6.07 Å². The number of primary amides is 1. The highest BCUT2D eigenvalue weighted by molar-refractivity contribution is 8.00. The number of urea groups is 1. The van der Waals surface area contributed by atoms with Crippen molar-refractivity contribution in [1.82, 2.24) is 5.32 Å². The molecule has 0 saturated carbocycles. The van der Waals surface area contributed by atoms with Gasteiger partial charge in [0.05, 0.1) is 10.8 Å². The Balaban J connectivity index is 2.77. The van der Waals surface area contributed by atoms with E-state index < -0.39 is 28.9 Å². The van der Waals surface area contributed by atoms with Crippen LogP contribution < -0.4 is 11.1 Å². The Labute approximate surface area is 111 Å². The highest BCUT2D eigenvalue weighted by Crippen LogP contribution is 2.32. The lowest BCUT2D eigenvalue weighted by molar-refractivity contribution is -0.137. The molecule has 0 saturated heterocycles. The minimum atomic E-state index is -4.44. The minimum Gasteiger partial charge on any atom is -0.351 e. The van der Waals surface area contributed by atoms with Crippen molar-refractivity contribution in [3.63, 3.8) is 0 Å². The Bertz CT molecular complexity index is 491. The maximum atomic E-state index is 12.5. The SMILES string of the molecule is C[C@H](Sc1cccc(C(F)(F)F)c1)C(=O)NC(N)=O. The quantitative estimate of drug-likeness (QED) is 0.840. The number of alkyl halides is 3. The summed E-state index contributed by atoms with van der Waals surface area (Å²) in [5.41, 5.74) is 3.99. The van der Waals surface area contributed by atoms with E-state index in [9.17, 15) is 22.8 Å². The Kier molecular flexibility index (Phi) is 4.82. The van der Waals surface area contributed by atoms with Gasteiger partial charge in [0.2, 0.25) is 5.91 Å². The maximum absolute atomic E-state index is 12.5. The summed E-state index contributed by atoms with van der Waals surface area (Å²) >= 11 is 0.904. The minimum absolute atomic E-state index is 0.280. The second-order valence-electron chi connectivity index (χ2n) is 3.64. The van der Waals surface area contributed by atoms with Gasteiger partial charge in [0.25, 0.3) is 0 Å². The van der Waals surface area contributed by atoms with Crippen LogP contribution in [0.15, 0.2) is 29.2 Å². The first-order valence-corrected chi connectivity index (χ1v) is 6.02. The zero-order valence-electron chi connectivity index (χ0n) is 9.82. The van der Waals surface area contributed by atoms with Gasteiger partial charge in [0, 0.05) is 4.90 Å². The summed E-state index contributed by atoms with van der Waals surface area (Å²) in [5.74, 6) is -0.657. The number of nitrogens with one attached hydrogen (secondary N) is 1. The number of amides is 3. The molecule has 104 valence electrons. The molecule has 1 aromatic carbocycles. The Morgan fingerprint density at radius 2 is 2.00 bits per heavy atom. The van der Waals surface area contributed by atoms with E-state index in [0.717, 1.165) is 23.9 Å². The van der Waals surface area contributed by atoms with E-state index in [4.69, 9.17) is 5.73 Å². The molecule has 0 fully saturated rings. The molecule has 0 unspecified atom stereocenters. The van der Waals surface area contributed by atoms with Gasteiger partial charge in [-0.2, -0.15) is 13.2 Å². The normalized spacial score (nSPS) is 12.8. The predicted molar refractivity (Wildman–Crippen MR) is 64.5 cm³/mol. The van der Waals surface area contributed by atoms with Crippen molar-refractivity contribution in [1.29, 1.82) is 0 Å². The van der Waals surface area contributed by atoms with Crippen LogP contribution in [0.5, 0.6) is 0 Å². The van der Waals surface area contributed by atoms with Crippen molar-refractivity contribution in [2.75, 3.05) is 0 Å². The number of nitrogens with two attached hydrogens (primary N) is 1. The monoisotopic (exact) mass is 292 g/mol. The largest absolute Gasteiger partial charge is 0.416 e. The standard InChI is InChI=1S/C11H11F3N2O2S/c1-6(9(17)16-10(15)18)19-8-4-2-3-7(5-8)11(12,13)14/h2-6H,1H3,(H3,15,16,17,18)/t6-/m0/s1. The molecule has 0 heterocycles. The van der Waals surface area contributed by atoms with Gasteiger partial charge in [0.1, 0.15) is 0 Å². The zero-order valence-corrected chi connectivity index (χ0v) is 10.6. The van der Waals surface area contributed by atoms with Crippen molar-refractivity contribution in [2.45, 2.75) is 23.2 Å². The third kappa shape index (κ3) is 4.82. The van der Waals surface area contributed by atoms with E-state index in [1.807, 2.05) is 5.32 Å². The number of rotatable bonds is 3. The number of halogens is 3. The fraction of sp³-hybridized carbons (Fsp3) is 0.273. The molecular formula is C11H11F3N2O2S. The van der Waals surface area contributed by atoms with Crippen LogP contribution in [-0.4, -0.2) is 17.2 Å². The molecule has 19 heavy (non-hydrogen) atoms. The maximum Gasteiger partial charge on any atom is 0.416 e. The zero-order chi connectivity index (χ0) is 14.6. The molecular weight excluding hydrogens is 281 g/mol. The third-order valence-corrected chi connectivity index (χ3v) is 3.18. The number of carbonyl (C=O) groups is 2. The lowest BCUT2D eigenvalue weighted by Gasteiger charge is -2.12. The van der Waals surface area contributed by atoms with Crippen LogP contribution >= 0.6 is 11.8 Å². The van der Waals surface area contributed by atoms with Crippen LogP contribution in [0.4, 0.5) is 18.0 Å². The topological polar surface area (TPSA) is 72.2 Å². The van der Waals surface area contributed by atoms with Crippen LogP contribution in [0, 0.1) is 0 Å². The van der Waals surface area contributed by atoms with Gasteiger partial charge in [-0.15, -0.1) is 11.8 Å². The van der Waals surface area contributed by atoms with Crippen molar-refractivity contribution in [3.05, 3.63) is 29.8 Å². The second kappa shape index (κ2) is 5.96. The molecule has 3 amide bonds. The van der Waals surface area contributed by atoms with Crippen LogP contribution in [0.1, 0.15) is 12.5 Å². The van der Waals surface area contributed by atoms with Gasteiger partial charge in [-0.3, -0.25) is 10.1 Å². The van der Waals surface area contributed by atoms with Gasteiger partial charge in [-0.05, 0) is 25.1 Å². The summed E-state index contributed by atoms with van der Waals surface area (Å²) in [6.07, 6.45) is -4.44. The molecule has 0 aromatic heterocycles. The Morgan fingerprint density at radius 1 is 1.37 bits per heavy atom. The van der Waals surface area contributed by atoms with Crippen molar-refractivity contribution in [3.8, 4) is 0 Å². The van der Waals surface area contributed by atoms with E-state index in [2.05, 4.69) is 0 Å². The second-order valence-corrected chi connectivity index (χ2v) is 5.05. The summed E-state index contributed by atoms with van der Waals surface area (Å²) in [6, 6.07) is 3.59. The van der Waals surface area contributed by atoms with E-state index >= 15 is 0 Å². The highest BCUT2D eigenvalue weighted by atomic mass is 32.2. The summed E-state index contributed by atoms with van der Waals surface area (Å²) in [5, 5.41) is 1.12. The highest BCUT2D eigenvalue weighted by Gasteiger charge is 2.30. The fourth-order valence-corrected chi connectivity index (χ4v) is 2.15. The first-order valence-electron chi connectivity index (χ1n) is 5.14. The third-order valence-electron chi connectivity index (χ3n) is 2.09. The smallest absolute Gasteiger partial charge is 0.351 e. The first-order chi connectivity index (χ1) is 8.70. The number of hydrogen-bond acceptors (Lipinski definition) is 3. The van der Waals surface area contributed by atoms with Crippen LogP contribution in [0.3, 0.4) is 0 Å². The molecule has 1 atom stereocenters. The number of imide groups is 1. The van der Waals surface area contributed by atoms with E-state index in [-0.39, 0.29) is 4.90 Å². The average Bonchev–Trinajstić information content (AvgIpc) is 2.27. The summed E-state index contributed by atoms with van der Waals surface area (Å²) in [7, 11) is 0. The molecule has 0 aliphatic rings. The van der Waals surface area contributed by atoms with Crippen LogP contribution in [0.2, 0.25) is 0 Å². The van der Waals surface area contributed by atoms with Crippen molar-refractivity contribution in [2.24, 2.45) is 5.73 Å².